The van der Waals surface area contributed by atoms with Crippen LogP contribution >= 0.6 is 11.3 Å². The van der Waals surface area contributed by atoms with Crippen molar-refractivity contribution in [3.8, 4) is 12.3 Å². The average Bonchev–Trinajstić information content (AvgIpc) is 3.55. The van der Waals surface area contributed by atoms with Crippen molar-refractivity contribution in [2.45, 2.75) is 43.4 Å². The van der Waals surface area contributed by atoms with Crippen molar-refractivity contribution in [1.29, 1.82) is 0 Å². The number of thiazole rings is 1. The monoisotopic (exact) mass is 584 g/mol. The highest BCUT2D eigenvalue weighted by molar-refractivity contribution is 7.89. The quantitative estimate of drug-likeness (QED) is 0.296. The number of carbonyl (C=O) groups excluding carboxylic acids is 2. The van der Waals surface area contributed by atoms with Crippen LogP contribution in [0.1, 0.15) is 39.3 Å². The largest absolute Gasteiger partial charge is 0.480 e. The summed E-state index contributed by atoms with van der Waals surface area (Å²) in [5, 5.41) is 15.5. The Morgan fingerprint density at radius 1 is 1.27 bits per heavy atom. The molecule has 0 spiro atoms. The van der Waals surface area contributed by atoms with E-state index < -0.39 is 34.5 Å². The van der Waals surface area contributed by atoms with Gasteiger partial charge in [0.1, 0.15) is 11.6 Å². The van der Waals surface area contributed by atoms with E-state index in [0.717, 1.165) is 10.6 Å². The minimum absolute atomic E-state index is 0.00989. The standard InChI is InChI=1S/C26H28N6O6S2/c1-3-16-4-5-19-17(9-16)10-23(29-19)40(37,38)31-6-7-32(18(14-31)11-22(33)28-13-24(34)35)26(36)25-30-20-8-15(2)27-12-21(20)39-25/h1,4-5,9-10,15,18,27,29H,6-8,11-14H2,2H3,(H,28,33)(H,34,35). The van der Waals surface area contributed by atoms with E-state index in [-0.39, 0.29) is 48.0 Å². The maximum Gasteiger partial charge on any atom is 0.322 e. The van der Waals surface area contributed by atoms with Crippen molar-refractivity contribution in [3.05, 3.63) is 45.4 Å². The first kappa shape index (κ1) is 27.8. The molecule has 1 aromatic carbocycles. The Balaban J connectivity index is 1.40. The maximum atomic E-state index is 13.6. The fraction of sp³-hybridized carbons (Fsp3) is 0.385. The van der Waals surface area contributed by atoms with Crippen molar-refractivity contribution in [2.75, 3.05) is 26.2 Å². The topological polar surface area (TPSA) is 165 Å². The predicted molar refractivity (Wildman–Crippen MR) is 147 cm³/mol. The zero-order chi connectivity index (χ0) is 28.6. The molecule has 0 radical (unpaired) electrons. The van der Waals surface area contributed by atoms with Crippen LogP contribution in [0.4, 0.5) is 0 Å². The van der Waals surface area contributed by atoms with Crippen molar-refractivity contribution in [3.63, 3.8) is 0 Å². The molecule has 2 amide bonds. The number of carboxylic acid groups (broad SMARTS) is 1. The number of nitrogens with one attached hydrogen (secondary N) is 3. The SMILES string of the molecule is C#Cc1ccc2[nH]c(S(=O)(=O)N3CCN(C(=O)c4nc5c(s4)CNC(C)C5)C(CC(=O)NCC(=O)O)C3)cc2c1. The van der Waals surface area contributed by atoms with Crippen LogP contribution in [0.5, 0.6) is 0 Å². The number of aromatic amines is 1. The Kier molecular flexibility index (Phi) is 7.65. The van der Waals surface area contributed by atoms with Gasteiger partial charge in [-0.25, -0.2) is 13.4 Å². The fourth-order valence-corrected chi connectivity index (χ4v) is 7.43. The number of nitrogens with zero attached hydrogens (tertiary/aromatic N) is 3. The molecule has 2 unspecified atom stereocenters. The molecular weight excluding hydrogens is 556 g/mol. The number of carboxylic acids is 1. The number of hydrogen-bond donors (Lipinski definition) is 4. The number of fused-ring (bicyclic) bond motifs is 2. The summed E-state index contributed by atoms with van der Waals surface area (Å²) < 4.78 is 28.5. The number of rotatable bonds is 7. The third-order valence-corrected chi connectivity index (χ3v) is 9.89. The average molecular weight is 585 g/mol. The lowest BCUT2D eigenvalue weighted by atomic mass is 10.1. The zero-order valence-electron chi connectivity index (χ0n) is 21.6. The minimum Gasteiger partial charge on any atom is -0.480 e. The van der Waals surface area contributed by atoms with Gasteiger partial charge in [-0.1, -0.05) is 5.92 Å². The lowest BCUT2D eigenvalue weighted by molar-refractivity contribution is -0.138. The lowest BCUT2D eigenvalue weighted by Crippen LogP contribution is -2.57. The summed E-state index contributed by atoms with van der Waals surface area (Å²) in [7, 11) is -4.02. The molecule has 0 aliphatic carbocycles. The molecule has 4 N–H and O–H groups in total. The van der Waals surface area contributed by atoms with Crippen LogP contribution in [0.15, 0.2) is 29.3 Å². The van der Waals surface area contributed by atoms with Crippen LogP contribution in [-0.4, -0.2) is 88.7 Å². The fourth-order valence-electron chi connectivity index (χ4n) is 4.95. The Morgan fingerprint density at radius 3 is 2.83 bits per heavy atom. The number of benzene rings is 1. The van der Waals surface area contributed by atoms with Crippen LogP contribution in [0.2, 0.25) is 0 Å². The van der Waals surface area contributed by atoms with Gasteiger partial charge >= 0.3 is 5.97 Å². The number of aliphatic carboxylic acids is 1. The molecule has 14 heteroatoms. The molecule has 1 saturated heterocycles. The molecule has 2 atom stereocenters. The molecular formula is C26H28N6O6S2. The van der Waals surface area contributed by atoms with Crippen molar-refractivity contribution < 1.29 is 27.9 Å². The van der Waals surface area contributed by atoms with E-state index in [1.54, 1.807) is 18.2 Å². The van der Waals surface area contributed by atoms with Gasteiger partial charge in [-0.3, -0.25) is 14.4 Å². The first-order chi connectivity index (χ1) is 19.0. The highest BCUT2D eigenvalue weighted by Gasteiger charge is 2.39. The van der Waals surface area contributed by atoms with E-state index in [2.05, 4.69) is 26.5 Å². The number of H-pyrrole nitrogens is 1. The van der Waals surface area contributed by atoms with E-state index in [1.165, 1.54) is 26.6 Å². The highest BCUT2D eigenvalue weighted by atomic mass is 32.2. The van der Waals surface area contributed by atoms with Crippen LogP contribution in [0.25, 0.3) is 10.9 Å². The molecule has 0 saturated carbocycles. The summed E-state index contributed by atoms with van der Waals surface area (Å²) in [6.07, 6.45) is 5.89. The van der Waals surface area contributed by atoms with Gasteiger partial charge in [0.05, 0.1) is 11.7 Å². The lowest BCUT2D eigenvalue weighted by Gasteiger charge is -2.40. The number of hydrogen-bond acceptors (Lipinski definition) is 8. The molecule has 12 nitrogen and oxygen atoms in total. The van der Waals surface area contributed by atoms with Crippen LogP contribution < -0.4 is 10.6 Å². The minimum atomic E-state index is -4.02. The van der Waals surface area contributed by atoms with Crippen molar-refractivity contribution >= 4 is 50.0 Å². The first-order valence-corrected chi connectivity index (χ1v) is 14.9. The molecule has 0 bridgehead atoms. The summed E-state index contributed by atoms with van der Waals surface area (Å²) in [5.74, 6) is 0.329. The normalized spacial score (nSPS) is 19.6. The summed E-state index contributed by atoms with van der Waals surface area (Å²) in [5.41, 5.74) is 2.08. The van der Waals surface area contributed by atoms with Gasteiger partial charge in [0, 0.05) is 66.4 Å². The van der Waals surface area contributed by atoms with Gasteiger partial charge in [-0.05, 0) is 31.2 Å². The zero-order valence-corrected chi connectivity index (χ0v) is 23.3. The summed E-state index contributed by atoms with van der Waals surface area (Å²) in [6, 6.07) is 6.03. The second-order valence-corrected chi connectivity index (χ2v) is 12.8. The third-order valence-electron chi connectivity index (χ3n) is 7.02. The van der Waals surface area contributed by atoms with Gasteiger partial charge in [0.2, 0.25) is 5.91 Å². The Morgan fingerprint density at radius 2 is 2.08 bits per heavy atom. The summed E-state index contributed by atoms with van der Waals surface area (Å²) in [6.45, 7) is 1.97. The molecule has 2 aromatic heterocycles. The van der Waals surface area contributed by atoms with E-state index in [4.69, 9.17) is 11.5 Å². The van der Waals surface area contributed by atoms with Crippen molar-refractivity contribution in [1.82, 2.24) is 29.8 Å². The molecule has 2 aliphatic rings. The molecule has 40 heavy (non-hydrogen) atoms. The summed E-state index contributed by atoms with van der Waals surface area (Å²) in [4.78, 5) is 47.1. The second-order valence-electron chi connectivity index (χ2n) is 9.84. The number of piperazine rings is 1. The van der Waals surface area contributed by atoms with E-state index in [0.29, 0.717) is 29.4 Å². The van der Waals surface area contributed by atoms with E-state index in [9.17, 15) is 22.8 Å². The van der Waals surface area contributed by atoms with Gasteiger partial charge in [0.25, 0.3) is 15.9 Å². The number of carbonyl (C=O) groups is 3. The molecule has 2 aliphatic heterocycles. The predicted octanol–water partition coefficient (Wildman–Crippen LogP) is 0.746. The van der Waals surface area contributed by atoms with Crippen LogP contribution in [0, 0.1) is 12.3 Å². The third kappa shape index (κ3) is 5.59. The maximum absolute atomic E-state index is 13.6. The van der Waals surface area contributed by atoms with Crippen LogP contribution in [0.3, 0.4) is 0 Å². The van der Waals surface area contributed by atoms with Gasteiger partial charge in [-0.2, -0.15) is 4.31 Å². The van der Waals surface area contributed by atoms with Gasteiger partial charge in [-0.15, -0.1) is 17.8 Å². The van der Waals surface area contributed by atoms with Crippen molar-refractivity contribution in [2.24, 2.45) is 0 Å². The molecule has 3 aromatic rings. The highest BCUT2D eigenvalue weighted by Crippen LogP contribution is 2.28. The van der Waals surface area contributed by atoms with E-state index >= 15 is 0 Å². The Labute approximate surface area is 234 Å². The van der Waals surface area contributed by atoms with E-state index in [1.807, 2.05) is 6.92 Å². The summed E-state index contributed by atoms with van der Waals surface area (Å²) >= 11 is 1.29. The molecule has 5 rings (SSSR count). The van der Waals surface area contributed by atoms with Gasteiger partial charge < -0.3 is 25.6 Å². The Bertz CT molecular complexity index is 1640. The second kappa shape index (κ2) is 11.0. The van der Waals surface area contributed by atoms with Gasteiger partial charge in [0.15, 0.2) is 5.01 Å². The molecule has 1 fully saturated rings. The number of amides is 2. The number of aromatic nitrogens is 2. The number of sulfonamides is 1. The number of terminal acetylenes is 1. The first-order valence-electron chi connectivity index (χ1n) is 12.7. The Hall–Kier alpha value is -3.77. The smallest absolute Gasteiger partial charge is 0.322 e. The van der Waals surface area contributed by atoms with Crippen LogP contribution in [-0.2, 0) is 32.6 Å². The molecule has 4 heterocycles. The molecule has 210 valence electrons.